The number of hydrogen-bond donors (Lipinski definition) is 2. The molecule has 0 fully saturated rings. The first kappa shape index (κ1) is 14.4. The average Bonchev–Trinajstić information content (AvgIpc) is 2.28. The fourth-order valence-corrected chi connectivity index (χ4v) is 1.74. The van der Waals surface area contributed by atoms with Crippen molar-refractivity contribution in [1.29, 1.82) is 5.26 Å². The van der Waals surface area contributed by atoms with Gasteiger partial charge >= 0.3 is 0 Å². The number of aliphatic hydroxyl groups is 1. The van der Waals surface area contributed by atoms with Gasteiger partial charge in [-0.2, -0.15) is 5.26 Å². The van der Waals surface area contributed by atoms with Crippen LogP contribution in [0.3, 0.4) is 0 Å². The lowest BCUT2D eigenvalue weighted by atomic mass is 10.1. The Morgan fingerprint density at radius 3 is 2.89 bits per heavy atom. The molecular weight excluding hydrogens is 230 g/mol. The molecule has 0 aliphatic heterocycles. The molecule has 1 aromatic rings. The number of nitriles is 1. The fraction of sp³-hybridized carbons (Fsp3) is 0.538. The second-order valence-corrected chi connectivity index (χ2v) is 4.24. The number of nitrogens with zero attached hydrogens (tertiary/aromatic N) is 2. The van der Waals surface area contributed by atoms with Crippen molar-refractivity contribution in [2.24, 2.45) is 0 Å². The molecule has 2 N–H and O–H groups in total. The third kappa shape index (κ3) is 3.99. The van der Waals surface area contributed by atoms with Gasteiger partial charge in [-0.05, 0) is 31.9 Å². The van der Waals surface area contributed by atoms with Crippen LogP contribution < -0.4 is 5.32 Å². The molecule has 0 spiro atoms. The molecular formula is C13H19N3O2. The van der Waals surface area contributed by atoms with E-state index in [-0.39, 0.29) is 0 Å². The number of hydrogen-bond acceptors (Lipinski definition) is 5. The normalized spacial score (nSPS) is 11.9. The summed E-state index contributed by atoms with van der Waals surface area (Å²) in [5.41, 5.74) is 2.33. The van der Waals surface area contributed by atoms with Crippen LogP contribution in [0.4, 0.5) is 5.82 Å². The van der Waals surface area contributed by atoms with Crippen LogP contribution in [0.5, 0.6) is 0 Å². The number of rotatable bonds is 6. The largest absolute Gasteiger partial charge is 0.391 e. The summed E-state index contributed by atoms with van der Waals surface area (Å²) in [7, 11) is 1.55. The molecule has 1 unspecified atom stereocenters. The summed E-state index contributed by atoms with van der Waals surface area (Å²) in [5, 5.41) is 21.7. The van der Waals surface area contributed by atoms with Crippen LogP contribution in [0.1, 0.15) is 23.2 Å². The Kier molecular flexibility index (Phi) is 5.56. The summed E-state index contributed by atoms with van der Waals surface area (Å²) in [5.74, 6) is 0.583. The zero-order valence-corrected chi connectivity index (χ0v) is 11.0. The zero-order chi connectivity index (χ0) is 13.5. The van der Waals surface area contributed by atoms with Gasteiger partial charge in [0.15, 0.2) is 0 Å². The van der Waals surface area contributed by atoms with Crippen molar-refractivity contribution < 1.29 is 9.84 Å². The SMILES string of the molecule is COCC(O)CCNc1nc(C)cc(C)c1C#N. The van der Waals surface area contributed by atoms with Gasteiger partial charge in [0.2, 0.25) is 0 Å². The summed E-state index contributed by atoms with van der Waals surface area (Å²) in [4.78, 5) is 4.30. The Balaban J connectivity index is 2.65. The van der Waals surface area contributed by atoms with E-state index in [9.17, 15) is 5.11 Å². The van der Waals surface area contributed by atoms with E-state index in [2.05, 4.69) is 16.4 Å². The minimum absolute atomic E-state index is 0.313. The Hall–Kier alpha value is -1.64. The lowest BCUT2D eigenvalue weighted by Gasteiger charge is -2.12. The van der Waals surface area contributed by atoms with Crippen LogP contribution in [0, 0.1) is 25.2 Å². The lowest BCUT2D eigenvalue weighted by molar-refractivity contribution is 0.0615. The van der Waals surface area contributed by atoms with Gasteiger partial charge in [0.05, 0.1) is 18.3 Å². The molecule has 1 rings (SSSR count). The maximum Gasteiger partial charge on any atom is 0.144 e. The third-order valence-corrected chi connectivity index (χ3v) is 2.59. The first-order valence-corrected chi connectivity index (χ1v) is 5.87. The van der Waals surface area contributed by atoms with Crippen molar-refractivity contribution in [3.63, 3.8) is 0 Å². The number of pyridine rings is 1. The second-order valence-electron chi connectivity index (χ2n) is 4.24. The van der Waals surface area contributed by atoms with Gasteiger partial charge in [-0.3, -0.25) is 0 Å². The van der Waals surface area contributed by atoms with Gasteiger partial charge in [0, 0.05) is 19.3 Å². The van der Waals surface area contributed by atoms with Crippen LogP contribution in [0.15, 0.2) is 6.07 Å². The van der Waals surface area contributed by atoms with Crippen molar-refractivity contribution in [2.75, 3.05) is 25.6 Å². The predicted octanol–water partition coefficient (Wildman–Crippen LogP) is 1.38. The molecule has 0 saturated heterocycles. The number of aryl methyl sites for hydroxylation is 2. The molecule has 0 aliphatic rings. The van der Waals surface area contributed by atoms with Gasteiger partial charge < -0.3 is 15.2 Å². The van der Waals surface area contributed by atoms with Crippen molar-refractivity contribution in [3.8, 4) is 6.07 Å². The van der Waals surface area contributed by atoms with E-state index in [1.165, 1.54) is 0 Å². The monoisotopic (exact) mass is 249 g/mol. The van der Waals surface area contributed by atoms with Gasteiger partial charge in [-0.1, -0.05) is 0 Å². The highest BCUT2D eigenvalue weighted by atomic mass is 16.5. The third-order valence-electron chi connectivity index (χ3n) is 2.59. The van der Waals surface area contributed by atoms with Gasteiger partial charge in [0.25, 0.3) is 0 Å². The molecule has 0 aliphatic carbocycles. The van der Waals surface area contributed by atoms with E-state index in [1.54, 1.807) is 7.11 Å². The van der Waals surface area contributed by atoms with Crippen molar-refractivity contribution in [3.05, 3.63) is 22.9 Å². The minimum atomic E-state index is -0.501. The molecule has 0 radical (unpaired) electrons. The number of aliphatic hydroxyl groups excluding tert-OH is 1. The molecule has 5 heteroatoms. The Bertz CT molecular complexity index is 441. The fourth-order valence-electron chi connectivity index (χ4n) is 1.74. The predicted molar refractivity (Wildman–Crippen MR) is 69.4 cm³/mol. The molecule has 0 amide bonds. The molecule has 98 valence electrons. The maximum absolute atomic E-state index is 9.51. The molecule has 0 bridgehead atoms. The number of aromatic nitrogens is 1. The van der Waals surface area contributed by atoms with Crippen LogP contribution in [-0.4, -0.2) is 36.5 Å². The molecule has 1 aromatic heterocycles. The highest BCUT2D eigenvalue weighted by Gasteiger charge is 2.09. The van der Waals surface area contributed by atoms with Gasteiger partial charge in [-0.25, -0.2) is 4.98 Å². The number of anilines is 1. The molecule has 1 heterocycles. The smallest absolute Gasteiger partial charge is 0.144 e. The molecule has 0 saturated carbocycles. The van der Waals surface area contributed by atoms with E-state index in [4.69, 9.17) is 10.00 Å². The van der Waals surface area contributed by atoms with E-state index in [0.29, 0.717) is 31.0 Å². The summed E-state index contributed by atoms with van der Waals surface area (Å²) in [6.45, 7) is 4.64. The highest BCUT2D eigenvalue weighted by Crippen LogP contribution is 2.17. The van der Waals surface area contributed by atoms with Crippen LogP contribution >= 0.6 is 0 Å². The van der Waals surface area contributed by atoms with Gasteiger partial charge in [-0.15, -0.1) is 0 Å². The number of nitrogens with one attached hydrogen (secondary N) is 1. The van der Waals surface area contributed by atoms with Crippen molar-refractivity contribution >= 4 is 5.82 Å². The molecule has 5 nitrogen and oxygen atoms in total. The standard InChI is InChI=1S/C13H19N3O2/c1-9-6-10(2)16-13(12(9)7-14)15-5-4-11(17)8-18-3/h6,11,17H,4-5,8H2,1-3H3,(H,15,16). The zero-order valence-electron chi connectivity index (χ0n) is 11.0. The van der Waals surface area contributed by atoms with E-state index in [1.807, 2.05) is 19.9 Å². The first-order chi connectivity index (χ1) is 8.58. The quantitative estimate of drug-likeness (QED) is 0.796. The summed E-state index contributed by atoms with van der Waals surface area (Å²) in [6.07, 6.45) is 0.0480. The number of ether oxygens (including phenoxy) is 1. The van der Waals surface area contributed by atoms with Crippen molar-refractivity contribution in [2.45, 2.75) is 26.4 Å². The van der Waals surface area contributed by atoms with Crippen LogP contribution in [0.25, 0.3) is 0 Å². The summed E-state index contributed by atoms with van der Waals surface area (Å²) in [6, 6.07) is 4.02. The Morgan fingerprint density at radius 1 is 1.56 bits per heavy atom. The number of methoxy groups -OCH3 is 1. The molecule has 1 atom stereocenters. The summed E-state index contributed by atoms with van der Waals surface area (Å²) < 4.78 is 4.84. The molecule has 0 aromatic carbocycles. The van der Waals surface area contributed by atoms with E-state index < -0.39 is 6.10 Å². The average molecular weight is 249 g/mol. The second kappa shape index (κ2) is 6.94. The van der Waals surface area contributed by atoms with E-state index in [0.717, 1.165) is 11.3 Å². The first-order valence-electron chi connectivity index (χ1n) is 5.87. The lowest BCUT2D eigenvalue weighted by Crippen LogP contribution is -2.19. The minimum Gasteiger partial charge on any atom is -0.391 e. The van der Waals surface area contributed by atoms with Crippen molar-refractivity contribution in [1.82, 2.24) is 4.98 Å². The molecule has 18 heavy (non-hydrogen) atoms. The van der Waals surface area contributed by atoms with E-state index >= 15 is 0 Å². The maximum atomic E-state index is 9.51. The Morgan fingerprint density at radius 2 is 2.28 bits per heavy atom. The van der Waals surface area contributed by atoms with Crippen LogP contribution in [0.2, 0.25) is 0 Å². The Labute approximate surface area is 107 Å². The van der Waals surface area contributed by atoms with Gasteiger partial charge in [0.1, 0.15) is 11.9 Å². The highest BCUT2D eigenvalue weighted by molar-refractivity contribution is 5.56. The van der Waals surface area contributed by atoms with Crippen LogP contribution in [-0.2, 0) is 4.74 Å². The summed E-state index contributed by atoms with van der Waals surface area (Å²) >= 11 is 0. The topological polar surface area (TPSA) is 78.2 Å².